The van der Waals surface area contributed by atoms with Crippen molar-refractivity contribution in [2.75, 3.05) is 44.2 Å². The molecule has 2 N–H and O–H groups in total. The van der Waals surface area contributed by atoms with Crippen molar-refractivity contribution in [3.8, 4) is 16.9 Å². The van der Waals surface area contributed by atoms with Crippen LogP contribution in [-0.2, 0) is 11.8 Å². The van der Waals surface area contributed by atoms with Crippen LogP contribution < -0.4 is 21.5 Å². The van der Waals surface area contributed by atoms with Crippen LogP contribution in [0, 0.1) is 11.3 Å². The van der Waals surface area contributed by atoms with Gasteiger partial charge in [0.05, 0.1) is 55.3 Å². The Bertz CT molecular complexity index is 3000. The van der Waals surface area contributed by atoms with Gasteiger partial charge in [0.25, 0.3) is 11.5 Å². The Kier molecular flexibility index (Phi) is 11.4. The van der Waals surface area contributed by atoms with Crippen molar-refractivity contribution < 1.29 is 18.8 Å². The van der Waals surface area contributed by atoms with E-state index in [0.29, 0.717) is 70.5 Å². The standard InChI is InChI=1S/C46H46Cl3FN10O5/c1-55-39-29-20-35(53-41(29)51-22-30(39)43(63)60(45(55)65)40-32(48)3-2-4-33(40)49)28-21-52-59(24-28)36-9-15-56(25-34(36)50)23-26-7-11-46(12-8-26)13-17-57(18-14-46)42(62)27-5-6-31(47)37(19-27)58-16-10-38(61)54-44(58)64/h2-6,19-22,24,26,34,36H,7-18,23,25H2,1H3,(H,51,53)(H,54,61,64)/t34-,36-/m1/s1. The third kappa shape index (κ3) is 7.91. The number of carbonyl (C=O) groups excluding carboxylic acids is 3. The summed E-state index contributed by atoms with van der Waals surface area (Å²) in [6.45, 7) is 3.47. The quantitative estimate of drug-likeness (QED) is 0.166. The number of hydrogen-bond donors (Lipinski definition) is 2. The number of aromatic nitrogens is 6. The average molecular weight is 944 g/mol. The number of nitrogens with zero attached hydrogens (tertiary/aromatic N) is 8. The number of H-pyrrole nitrogens is 1. The summed E-state index contributed by atoms with van der Waals surface area (Å²) < 4.78 is 20.1. The minimum atomic E-state index is -1.11. The lowest BCUT2D eigenvalue weighted by molar-refractivity contribution is -0.120. The maximum Gasteiger partial charge on any atom is 0.335 e. The van der Waals surface area contributed by atoms with Crippen LogP contribution in [0.1, 0.15) is 67.8 Å². The van der Waals surface area contributed by atoms with E-state index in [-0.39, 0.29) is 51.3 Å². The first kappa shape index (κ1) is 43.3. The molecular formula is C46H46Cl3FN10O5. The number of urea groups is 1. The third-order valence-electron chi connectivity index (χ3n) is 14.2. The van der Waals surface area contributed by atoms with Crippen LogP contribution in [0.15, 0.2) is 70.6 Å². The van der Waals surface area contributed by atoms with Gasteiger partial charge >= 0.3 is 11.7 Å². The number of rotatable bonds is 7. The molecule has 1 aliphatic carbocycles. The van der Waals surface area contributed by atoms with Crippen molar-refractivity contribution in [2.24, 2.45) is 18.4 Å². The fraction of sp³-hybridized carbons (Fsp3) is 0.413. The second-order valence-electron chi connectivity index (χ2n) is 18.0. The van der Waals surface area contributed by atoms with E-state index in [9.17, 15) is 24.0 Å². The minimum Gasteiger partial charge on any atom is -0.339 e. The topological polar surface area (TPSA) is 163 Å². The lowest BCUT2D eigenvalue weighted by Crippen LogP contribution is -2.49. The Hall–Kier alpha value is -5.55. The summed E-state index contributed by atoms with van der Waals surface area (Å²) in [6.07, 6.45) is 10.8. The van der Waals surface area contributed by atoms with Gasteiger partial charge < -0.3 is 14.8 Å². The van der Waals surface area contributed by atoms with E-state index in [1.165, 1.54) is 15.7 Å². The van der Waals surface area contributed by atoms with Crippen LogP contribution in [-0.4, -0.2) is 102 Å². The van der Waals surface area contributed by atoms with E-state index in [2.05, 4.69) is 25.3 Å². The van der Waals surface area contributed by atoms with Gasteiger partial charge in [-0.1, -0.05) is 40.9 Å². The van der Waals surface area contributed by atoms with Crippen molar-refractivity contribution in [1.29, 1.82) is 0 Å². The number of carbonyl (C=O) groups is 3. The minimum absolute atomic E-state index is 0.0936. The van der Waals surface area contributed by atoms with Gasteiger partial charge in [-0.05, 0) is 92.7 Å². The molecule has 338 valence electrons. The molecule has 65 heavy (non-hydrogen) atoms. The van der Waals surface area contributed by atoms with Crippen LogP contribution in [0.4, 0.5) is 14.9 Å². The number of likely N-dealkylation sites (tertiary alicyclic amines) is 2. The Labute approximate surface area is 387 Å². The number of imide groups is 1. The second-order valence-corrected chi connectivity index (χ2v) is 19.2. The van der Waals surface area contributed by atoms with Gasteiger partial charge in [-0.2, -0.15) is 5.10 Å². The third-order valence-corrected chi connectivity index (χ3v) is 15.1. The molecule has 0 bridgehead atoms. The van der Waals surface area contributed by atoms with Gasteiger partial charge in [-0.25, -0.2) is 23.5 Å². The van der Waals surface area contributed by atoms with Crippen molar-refractivity contribution in [3.63, 3.8) is 0 Å². The number of amides is 4. The predicted molar refractivity (Wildman–Crippen MR) is 247 cm³/mol. The van der Waals surface area contributed by atoms with Crippen molar-refractivity contribution in [3.05, 3.63) is 103 Å². The zero-order valence-corrected chi connectivity index (χ0v) is 37.8. The number of hydrogen-bond acceptors (Lipinski definition) is 8. The molecule has 3 saturated heterocycles. The summed E-state index contributed by atoms with van der Waals surface area (Å²) in [7, 11) is 1.58. The number of halogens is 4. The predicted octanol–water partition coefficient (Wildman–Crippen LogP) is 7.53. The first-order valence-corrected chi connectivity index (χ1v) is 23.1. The molecule has 0 unspecified atom stereocenters. The van der Waals surface area contributed by atoms with E-state index in [0.717, 1.165) is 61.7 Å². The van der Waals surface area contributed by atoms with Gasteiger partial charge in [0.2, 0.25) is 5.91 Å². The molecule has 3 aliphatic heterocycles. The van der Waals surface area contributed by atoms with Gasteiger partial charge in [0.1, 0.15) is 11.8 Å². The van der Waals surface area contributed by atoms with E-state index in [1.54, 1.807) is 54.3 Å². The van der Waals surface area contributed by atoms with E-state index < -0.39 is 29.5 Å². The maximum atomic E-state index is 16.0. The molecule has 7 heterocycles. The summed E-state index contributed by atoms with van der Waals surface area (Å²) >= 11 is 19.2. The fourth-order valence-electron chi connectivity index (χ4n) is 10.5. The number of nitrogens with one attached hydrogen (secondary N) is 2. The van der Waals surface area contributed by atoms with Crippen LogP contribution in [0.3, 0.4) is 0 Å². The highest BCUT2D eigenvalue weighted by Gasteiger charge is 2.41. The number of pyridine rings is 1. The normalized spacial score (nSPS) is 20.9. The zero-order valence-electron chi connectivity index (χ0n) is 35.5. The SMILES string of the molecule is Cn1c(=O)n(-c2c(Cl)cccc2Cl)c(=O)c2cnc3[nH]c(-c4cnn([C@@H]5CCN(CC6CCC7(CC6)CCN(C(=O)c6ccc(Cl)c(N8CCC(=O)NC8=O)c6)CC7)C[C@H]5F)c4)cc3c21. The highest BCUT2D eigenvalue weighted by Crippen LogP contribution is 2.47. The molecule has 4 aromatic heterocycles. The average Bonchev–Trinajstić information content (AvgIpc) is 3.96. The molecule has 4 fully saturated rings. The number of aryl methyl sites for hydroxylation is 1. The first-order chi connectivity index (χ1) is 31.3. The van der Waals surface area contributed by atoms with Crippen LogP contribution in [0.2, 0.25) is 15.1 Å². The number of alkyl halides is 1. The lowest BCUT2D eigenvalue weighted by atomic mass is 9.65. The molecule has 10 rings (SSSR count). The summed E-state index contributed by atoms with van der Waals surface area (Å²) in [5.41, 5.74) is 2.24. The first-order valence-electron chi connectivity index (χ1n) is 22.0. The van der Waals surface area contributed by atoms with Gasteiger partial charge in [-0.3, -0.25) is 33.8 Å². The highest BCUT2D eigenvalue weighted by molar-refractivity contribution is 6.37. The number of aromatic amines is 1. The molecule has 1 saturated carbocycles. The lowest BCUT2D eigenvalue weighted by Gasteiger charge is -2.47. The molecule has 4 aliphatic rings. The number of benzene rings is 2. The summed E-state index contributed by atoms with van der Waals surface area (Å²) in [5.74, 6) is 0.0544. The monoisotopic (exact) mass is 942 g/mol. The molecule has 4 amide bonds. The fourth-order valence-corrected chi connectivity index (χ4v) is 11.3. The number of fused-ring (bicyclic) bond motifs is 3. The molecule has 19 heteroatoms. The molecule has 15 nitrogen and oxygen atoms in total. The Morgan fingerprint density at radius 2 is 1.65 bits per heavy atom. The molecule has 6 aromatic rings. The van der Waals surface area contributed by atoms with Crippen LogP contribution >= 0.6 is 34.8 Å². The largest absolute Gasteiger partial charge is 0.339 e. The second kappa shape index (κ2) is 17.0. The van der Waals surface area contributed by atoms with Crippen molar-refractivity contribution in [1.82, 2.24) is 44.0 Å². The zero-order chi connectivity index (χ0) is 45.3. The molecule has 0 radical (unpaired) electrons. The van der Waals surface area contributed by atoms with Crippen molar-refractivity contribution in [2.45, 2.75) is 63.6 Å². The Morgan fingerprint density at radius 1 is 0.892 bits per heavy atom. The van der Waals surface area contributed by atoms with Gasteiger partial charge in [-0.15, -0.1) is 0 Å². The highest BCUT2D eigenvalue weighted by atomic mass is 35.5. The summed E-state index contributed by atoms with van der Waals surface area (Å²) in [4.78, 5) is 78.6. The number of anilines is 1. The number of piperidine rings is 2. The Balaban J connectivity index is 0.743. The van der Waals surface area contributed by atoms with E-state index >= 15 is 4.39 Å². The smallest absolute Gasteiger partial charge is 0.335 e. The summed E-state index contributed by atoms with van der Waals surface area (Å²) in [5, 5.41) is 8.35. The van der Waals surface area contributed by atoms with Gasteiger partial charge in [0, 0.05) is 81.6 Å². The molecule has 1 spiro atoms. The van der Waals surface area contributed by atoms with Crippen LogP contribution in [0.5, 0.6) is 0 Å². The summed E-state index contributed by atoms with van der Waals surface area (Å²) in [6, 6.07) is 10.6. The molecule has 2 atom stereocenters. The van der Waals surface area contributed by atoms with Gasteiger partial charge in [0.15, 0.2) is 0 Å². The van der Waals surface area contributed by atoms with E-state index in [4.69, 9.17) is 34.8 Å². The molecule has 2 aromatic carbocycles. The van der Waals surface area contributed by atoms with Crippen molar-refractivity contribution >= 4 is 80.3 Å². The van der Waals surface area contributed by atoms with Crippen LogP contribution in [0.25, 0.3) is 38.9 Å². The maximum absolute atomic E-state index is 16.0. The molecular weight excluding hydrogens is 898 g/mol. The van der Waals surface area contributed by atoms with E-state index in [1.807, 2.05) is 17.2 Å². The Morgan fingerprint density at radius 3 is 2.37 bits per heavy atom. The number of para-hydroxylation sites is 1.